The highest BCUT2D eigenvalue weighted by molar-refractivity contribution is 7.99. The highest BCUT2D eigenvalue weighted by Crippen LogP contribution is 2.29. The zero-order valence-corrected chi connectivity index (χ0v) is 23.3. The van der Waals surface area contributed by atoms with E-state index in [0.717, 1.165) is 16.1 Å². The normalized spacial score (nSPS) is 10.8. The van der Waals surface area contributed by atoms with Crippen molar-refractivity contribution >= 4 is 40.0 Å². The summed E-state index contributed by atoms with van der Waals surface area (Å²) < 4.78 is 7.34. The number of hydrogen-bond donors (Lipinski definition) is 2. The van der Waals surface area contributed by atoms with Crippen LogP contribution in [0.5, 0.6) is 5.75 Å². The second-order valence-corrected chi connectivity index (χ2v) is 10.6. The maximum atomic E-state index is 13.0. The van der Waals surface area contributed by atoms with Gasteiger partial charge >= 0.3 is 0 Å². The predicted molar refractivity (Wildman–Crippen MR) is 155 cm³/mol. The molecule has 0 fully saturated rings. The van der Waals surface area contributed by atoms with Crippen LogP contribution in [-0.2, 0) is 11.3 Å². The fourth-order valence-electron chi connectivity index (χ4n) is 3.90. The minimum absolute atomic E-state index is 0.0754. The van der Waals surface area contributed by atoms with E-state index in [1.54, 1.807) is 23.8 Å². The Labute approximate surface area is 238 Å². The van der Waals surface area contributed by atoms with Gasteiger partial charge in [0.2, 0.25) is 11.0 Å². The number of nitrogens with one attached hydrogen (secondary N) is 2. The first-order valence-electron chi connectivity index (χ1n) is 12.3. The molecule has 5 aromatic rings. The van der Waals surface area contributed by atoms with Crippen LogP contribution in [0, 0.1) is 6.92 Å². The van der Waals surface area contributed by atoms with Gasteiger partial charge in [0.25, 0.3) is 5.91 Å². The highest BCUT2D eigenvalue weighted by atomic mass is 32.2. The van der Waals surface area contributed by atoms with E-state index in [1.165, 1.54) is 23.1 Å². The van der Waals surface area contributed by atoms with Crippen molar-refractivity contribution in [3.63, 3.8) is 0 Å². The molecule has 0 bridgehead atoms. The van der Waals surface area contributed by atoms with Gasteiger partial charge in [0.05, 0.1) is 25.1 Å². The lowest BCUT2D eigenvalue weighted by molar-refractivity contribution is -0.113. The van der Waals surface area contributed by atoms with E-state index < -0.39 is 0 Å². The number of aromatic nitrogens is 5. The number of methoxy groups -OCH3 is 1. The largest absolute Gasteiger partial charge is 0.495 e. The van der Waals surface area contributed by atoms with Crippen molar-refractivity contribution in [3.05, 3.63) is 95.3 Å². The van der Waals surface area contributed by atoms with Crippen molar-refractivity contribution in [3.8, 4) is 22.6 Å². The monoisotopic (exact) mass is 571 g/mol. The van der Waals surface area contributed by atoms with Crippen LogP contribution < -0.4 is 15.4 Å². The number of carbonyl (C=O) groups excluding carboxylic acids is 2. The molecule has 2 aromatic heterocycles. The summed E-state index contributed by atoms with van der Waals surface area (Å²) in [6.07, 6.45) is 0. The Morgan fingerprint density at radius 2 is 1.62 bits per heavy atom. The number of rotatable bonds is 10. The van der Waals surface area contributed by atoms with Crippen molar-refractivity contribution in [1.82, 2.24) is 30.3 Å². The van der Waals surface area contributed by atoms with Gasteiger partial charge in [0.15, 0.2) is 11.0 Å². The Kier molecular flexibility index (Phi) is 8.47. The van der Waals surface area contributed by atoms with Crippen molar-refractivity contribution in [2.45, 2.75) is 18.6 Å². The lowest BCUT2D eigenvalue weighted by Gasteiger charge is -2.14. The average molecular weight is 572 g/mol. The van der Waals surface area contributed by atoms with Gasteiger partial charge in [-0.05, 0) is 42.3 Å². The molecule has 0 saturated carbocycles. The number of anilines is 1. The standard InChI is InChI=1S/C28H25N7O3S2/c1-18-31-33-27(40-18)30-25(36)17-39-28-34-32-24(35(28)22-10-6-7-11-23(22)38-2)16-29-26(37)21-14-12-20(13-15-21)19-8-4-3-5-9-19/h3-15H,16-17H2,1-2H3,(H,29,37)(H,30,33,36). The molecule has 10 nitrogen and oxygen atoms in total. The summed E-state index contributed by atoms with van der Waals surface area (Å²) in [5.41, 5.74) is 3.33. The average Bonchev–Trinajstić information content (AvgIpc) is 3.60. The molecule has 2 amide bonds. The van der Waals surface area contributed by atoms with E-state index in [2.05, 4.69) is 31.0 Å². The van der Waals surface area contributed by atoms with Gasteiger partial charge in [-0.25, -0.2) is 0 Å². The number of hydrogen-bond acceptors (Lipinski definition) is 9. The number of benzene rings is 3. The fourth-order valence-corrected chi connectivity index (χ4v) is 5.28. The third-order valence-corrected chi connectivity index (χ3v) is 7.48. The Hall–Kier alpha value is -4.55. The number of thioether (sulfide) groups is 1. The summed E-state index contributed by atoms with van der Waals surface area (Å²) >= 11 is 2.51. The summed E-state index contributed by atoms with van der Waals surface area (Å²) in [5.74, 6) is 0.675. The second-order valence-electron chi connectivity index (χ2n) is 8.50. The predicted octanol–water partition coefficient (Wildman–Crippen LogP) is 4.76. The number of aryl methyl sites for hydroxylation is 1. The van der Waals surface area contributed by atoms with E-state index in [1.807, 2.05) is 73.7 Å². The second kappa shape index (κ2) is 12.5. The summed E-state index contributed by atoms with van der Waals surface area (Å²) in [4.78, 5) is 25.5. The van der Waals surface area contributed by atoms with Gasteiger partial charge in [-0.1, -0.05) is 77.7 Å². The first kappa shape index (κ1) is 27.0. The smallest absolute Gasteiger partial charge is 0.251 e. The molecule has 0 spiro atoms. The molecule has 0 radical (unpaired) electrons. The van der Waals surface area contributed by atoms with E-state index in [-0.39, 0.29) is 24.1 Å². The first-order valence-corrected chi connectivity index (χ1v) is 14.1. The highest BCUT2D eigenvalue weighted by Gasteiger charge is 2.20. The molecule has 0 aliphatic heterocycles. The number of para-hydroxylation sites is 2. The SMILES string of the molecule is COc1ccccc1-n1c(CNC(=O)c2ccc(-c3ccccc3)cc2)nnc1SCC(=O)Nc1nnc(C)s1. The van der Waals surface area contributed by atoms with Crippen LogP contribution in [-0.4, -0.2) is 49.6 Å². The van der Waals surface area contributed by atoms with Gasteiger partial charge in [-0.3, -0.25) is 19.5 Å². The lowest BCUT2D eigenvalue weighted by atomic mass is 10.0. The Bertz CT molecular complexity index is 1620. The van der Waals surface area contributed by atoms with Crippen LogP contribution in [0.3, 0.4) is 0 Å². The summed E-state index contributed by atoms with van der Waals surface area (Å²) in [6.45, 7) is 1.93. The van der Waals surface area contributed by atoms with Crippen LogP contribution in [0.15, 0.2) is 84.0 Å². The molecular weight excluding hydrogens is 546 g/mol. The Balaban J connectivity index is 1.32. The van der Waals surface area contributed by atoms with Crippen molar-refractivity contribution in [2.75, 3.05) is 18.2 Å². The first-order chi connectivity index (χ1) is 19.5. The number of nitrogens with zero attached hydrogens (tertiary/aromatic N) is 5. The molecule has 0 saturated heterocycles. The van der Waals surface area contributed by atoms with Crippen LogP contribution in [0.2, 0.25) is 0 Å². The molecule has 2 heterocycles. The topological polar surface area (TPSA) is 124 Å². The molecule has 3 aromatic carbocycles. The molecule has 0 atom stereocenters. The number of amides is 2. The van der Waals surface area contributed by atoms with Crippen LogP contribution in [0.4, 0.5) is 5.13 Å². The molecule has 0 unspecified atom stereocenters. The van der Waals surface area contributed by atoms with Gasteiger partial charge in [0, 0.05) is 5.56 Å². The van der Waals surface area contributed by atoms with Gasteiger partial charge < -0.3 is 10.1 Å². The summed E-state index contributed by atoms with van der Waals surface area (Å²) in [7, 11) is 1.58. The maximum Gasteiger partial charge on any atom is 0.251 e. The van der Waals surface area contributed by atoms with E-state index in [0.29, 0.717) is 33.1 Å². The number of carbonyl (C=O) groups is 2. The molecule has 40 heavy (non-hydrogen) atoms. The molecule has 12 heteroatoms. The van der Waals surface area contributed by atoms with Crippen molar-refractivity contribution < 1.29 is 14.3 Å². The molecule has 202 valence electrons. The summed E-state index contributed by atoms with van der Waals surface area (Å²) in [5, 5.41) is 23.8. The maximum absolute atomic E-state index is 13.0. The van der Waals surface area contributed by atoms with Gasteiger partial charge in [0.1, 0.15) is 10.8 Å². The van der Waals surface area contributed by atoms with Crippen molar-refractivity contribution in [2.24, 2.45) is 0 Å². The molecular formula is C28H25N7O3S2. The van der Waals surface area contributed by atoms with Gasteiger partial charge in [-0.2, -0.15) is 0 Å². The lowest BCUT2D eigenvalue weighted by Crippen LogP contribution is -2.24. The molecule has 0 aliphatic carbocycles. The van der Waals surface area contributed by atoms with E-state index >= 15 is 0 Å². The Morgan fingerprint density at radius 1 is 0.900 bits per heavy atom. The van der Waals surface area contributed by atoms with Gasteiger partial charge in [-0.15, -0.1) is 20.4 Å². The minimum Gasteiger partial charge on any atom is -0.495 e. The molecule has 5 rings (SSSR count). The minimum atomic E-state index is -0.246. The quantitative estimate of drug-likeness (QED) is 0.230. The third kappa shape index (κ3) is 6.35. The zero-order chi connectivity index (χ0) is 27.9. The van der Waals surface area contributed by atoms with Crippen LogP contribution in [0.25, 0.3) is 16.8 Å². The number of ether oxygens (including phenoxy) is 1. The van der Waals surface area contributed by atoms with Crippen LogP contribution in [0.1, 0.15) is 21.2 Å². The zero-order valence-electron chi connectivity index (χ0n) is 21.7. The van der Waals surface area contributed by atoms with Crippen molar-refractivity contribution in [1.29, 1.82) is 0 Å². The Morgan fingerprint density at radius 3 is 2.35 bits per heavy atom. The van der Waals surface area contributed by atoms with Crippen LogP contribution >= 0.6 is 23.1 Å². The summed E-state index contributed by atoms with van der Waals surface area (Å²) in [6, 6.07) is 24.8. The van der Waals surface area contributed by atoms with E-state index in [4.69, 9.17) is 4.74 Å². The third-order valence-electron chi connectivity index (χ3n) is 5.79. The molecule has 0 aliphatic rings. The molecule has 2 N–H and O–H groups in total. The fraction of sp³-hybridized carbons (Fsp3) is 0.143. The van der Waals surface area contributed by atoms with E-state index in [9.17, 15) is 9.59 Å².